The molecule has 2 aliphatic rings. The van der Waals surface area contributed by atoms with E-state index in [4.69, 9.17) is 0 Å². The summed E-state index contributed by atoms with van der Waals surface area (Å²) in [6.45, 7) is 3.20. The molecular formula is C18H23N7O2. The van der Waals surface area contributed by atoms with Gasteiger partial charge in [-0.25, -0.2) is 9.48 Å². The third-order valence-corrected chi connectivity index (χ3v) is 4.83. The van der Waals surface area contributed by atoms with Crippen LogP contribution in [-0.2, 0) is 4.79 Å². The standard InChI is InChI=1S/C18H23N7O2/c1-12(11-24-10-2-3-16(24)26)19-18(27)20-14-6-4-13(5-7-14)17-21-22-23-25(17)15-8-9-15/h4-7,12,15H,2-3,8-11H2,1H3,(H2,19,20,27). The van der Waals surface area contributed by atoms with Crippen molar-refractivity contribution in [3.63, 3.8) is 0 Å². The van der Waals surface area contributed by atoms with Crippen LogP contribution < -0.4 is 10.6 Å². The number of hydrogen-bond acceptors (Lipinski definition) is 5. The lowest BCUT2D eigenvalue weighted by Crippen LogP contribution is -2.44. The second-order valence-electron chi connectivity index (χ2n) is 7.20. The van der Waals surface area contributed by atoms with Gasteiger partial charge in [0.2, 0.25) is 5.91 Å². The van der Waals surface area contributed by atoms with Crippen molar-refractivity contribution in [2.75, 3.05) is 18.4 Å². The van der Waals surface area contributed by atoms with Crippen molar-refractivity contribution in [3.8, 4) is 11.4 Å². The summed E-state index contributed by atoms with van der Waals surface area (Å²) in [6.07, 6.45) is 3.72. The van der Waals surface area contributed by atoms with Gasteiger partial charge in [-0.2, -0.15) is 0 Å². The fourth-order valence-electron chi connectivity index (χ4n) is 3.32. The minimum absolute atomic E-state index is 0.116. The van der Waals surface area contributed by atoms with Gasteiger partial charge in [-0.1, -0.05) is 0 Å². The molecule has 1 atom stereocenters. The van der Waals surface area contributed by atoms with E-state index in [1.165, 1.54) is 0 Å². The molecule has 9 nitrogen and oxygen atoms in total. The number of nitrogens with zero attached hydrogens (tertiary/aromatic N) is 5. The maximum absolute atomic E-state index is 12.2. The van der Waals surface area contributed by atoms with Gasteiger partial charge in [0.05, 0.1) is 6.04 Å². The van der Waals surface area contributed by atoms with E-state index in [2.05, 4.69) is 26.2 Å². The van der Waals surface area contributed by atoms with Gasteiger partial charge in [0.25, 0.3) is 0 Å². The lowest BCUT2D eigenvalue weighted by Gasteiger charge is -2.21. The smallest absolute Gasteiger partial charge is 0.319 e. The van der Waals surface area contributed by atoms with E-state index in [0.717, 1.165) is 37.2 Å². The molecule has 0 bridgehead atoms. The molecule has 1 aliphatic carbocycles. The molecule has 0 radical (unpaired) electrons. The van der Waals surface area contributed by atoms with Crippen molar-refractivity contribution >= 4 is 17.6 Å². The van der Waals surface area contributed by atoms with Gasteiger partial charge in [0, 0.05) is 36.8 Å². The molecule has 1 aliphatic heterocycles. The lowest BCUT2D eigenvalue weighted by molar-refractivity contribution is -0.127. The SMILES string of the molecule is CC(CN1CCCC1=O)NC(=O)Nc1ccc(-c2nnnn2C2CC2)cc1. The molecule has 4 rings (SSSR count). The van der Waals surface area contributed by atoms with E-state index < -0.39 is 0 Å². The predicted molar refractivity (Wildman–Crippen MR) is 99.0 cm³/mol. The highest BCUT2D eigenvalue weighted by Gasteiger charge is 2.28. The summed E-state index contributed by atoms with van der Waals surface area (Å²) in [7, 11) is 0. The van der Waals surface area contributed by atoms with E-state index in [1.807, 2.05) is 35.9 Å². The van der Waals surface area contributed by atoms with Crippen LogP contribution in [-0.4, -0.2) is 56.2 Å². The average Bonchev–Trinajstić information content (AvgIpc) is 3.24. The highest BCUT2D eigenvalue weighted by molar-refractivity contribution is 5.89. The minimum Gasteiger partial charge on any atom is -0.341 e. The number of carbonyl (C=O) groups is 2. The average molecular weight is 369 g/mol. The van der Waals surface area contributed by atoms with Gasteiger partial charge in [-0.15, -0.1) is 5.10 Å². The number of carbonyl (C=O) groups excluding carboxylic acids is 2. The summed E-state index contributed by atoms with van der Waals surface area (Å²) in [5.41, 5.74) is 1.60. The number of aromatic nitrogens is 4. The van der Waals surface area contributed by atoms with E-state index in [-0.39, 0.29) is 18.0 Å². The zero-order chi connectivity index (χ0) is 18.8. The highest BCUT2D eigenvalue weighted by Crippen LogP contribution is 2.36. The Bertz CT molecular complexity index is 828. The van der Waals surface area contributed by atoms with Gasteiger partial charge in [0.15, 0.2) is 5.82 Å². The molecule has 0 spiro atoms. The second-order valence-corrected chi connectivity index (χ2v) is 7.20. The molecule has 9 heteroatoms. The fourth-order valence-corrected chi connectivity index (χ4v) is 3.32. The molecule has 1 aromatic heterocycles. The second kappa shape index (κ2) is 7.34. The van der Waals surface area contributed by atoms with Crippen molar-refractivity contribution in [2.24, 2.45) is 0 Å². The van der Waals surface area contributed by atoms with Crippen LogP contribution in [0, 0.1) is 0 Å². The van der Waals surface area contributed by atoms with Crippen molar-refractivity contribution in [1.82, 2.24) is 30.4 Å². The van der Waals surface area contributed by atoms with Crippen LogP contribution in [0.15, 0.2) is 24.3 Å². The Morgan fingerprint density at radius 3 is 2.74 bits per heavy atom. The van der Waals surface area contributed by atoms with Crippen LogP contribution in [0.3, 0.4) is 0 Å². The van der Waals surface area contributed by atoms with Crippen LogP contribution in [0.1, 0.15) is 38.6 Å². The third-order valence-electron chi connectivity index (χ3n) is 4.83. The first-order valence-electron chi connectivity index (χ1n) is 9.34. The van der Waals surface area contributed by atoms with E-state index in [9.17, 15) is 9.59 Å². The molecule has 2 heterocycles. The predicted octanol–water partition coefficient (Wildman–Crippen LogP) is 1.81. The molecule has 27 heavy (non-hydrogen) atoms. The van der Waals surface area contributed by atoms with Crippen molar-refractivity contribution in [3.05, 3.63) is 24.3 Å². The largest absolute Gasteiger partial charge is 0.341 e. The summed E-state index contributed by atoms with van der Waals surface area (Å²) >= 11 is 0. The number of nitrogens with one attached hydrogen (secondary N) is 2. The van der Waals surface area contributed by atoms with E-state index in [1.54, 1.807) is 4.90 Å². The molecule has 142 valence electrons. The first-order valence-corrected chi connectivity index (χ1v) is 9.34. The van der Waals surface area contributed by atoms with Crippen LogP contribution in [0.2, 0.25) is 0 Å². The molecule has 1 saturated carbocycles. The molecule has 1 unspecified atom stereocenters. The quantitative estimate of drug-likeness (QED) is 0.808. The van der Waals surface area contributed by atoms with Gasteiger partial charge in [-0.05, 0) is 60.9 Å². The zero-order valence-corrected chi connectivity index (χ0v) is 15.3. The molecular weight excluding hydrogens is 346 g/mol. The molecule has 1 saturated heterocycles. The van der Waals surface area contributed by atoms with Crippen LogP contribution >= 0.6 is 0 Å². The number of tetrazole rings is 1. The monoisotopic (exact) mass is 369 g/mol. The first kappa shape index (κ1) is 17.4. The summed E-state index contributed by atoms with van der Waals surface area (Å²) in [6, 6.07) is 7.45. The number of rotatable bonds is 6. The van der Waals surface area contributed by atoms with Gasteiger partial charge in [-0.3, -0.25) is 4.79 Å². The number of anilines is 1. The Morgan fingerprint density at radius 1 is 1.30 bits per heavy atom. The number of urea groups is 1. The number of likely N-dealkylation sites (tertiary alicyclic amines) is 1. The number of hydrogen-bond donors (Lipinski definition) is 2. The third kappa shape index (κ3) is 4.07. The Labute approximate surface area is 157 Å². The van der Waals surface area contributed by atoms with Gasteiger partial charge >= 0.3 is 6.03 Å². The van der Waals surface area contributed by atoms with Crippen molar-refractivity contribution < 1.29 is 9.59 Å². The van der Waals surface area contributed by atoms with E-state index in [0.29, 0.717) is 24.7 Å². The maximum atomic E-state index is 12.2. The van der Waals surface area contributed by atoms with Crippen LogP contribution in [0.5, 0.6) is 0 Å². The summed E-state index contributed by atoms with van der Waals surface area (Å²) in [5, 5.41) is 17.6. The van der Waals surface area contributed by atoms with Gasteiger partial charge in [0.1, 0.15) is 0 Å². The van der Waals surface area contributed by atoms with Crippen LogP contribution in [0.25, 0.3) is 11.4 Å². The molecule has 2 aromatic rings. The molecule has 2 N–H and O–H groups in total. The minimum atomic E-state index is -0.287. The topological polar surface area (TPSA) is 105 Å². The highest BCUT2D eigenvalue weighted by atomic mass is 16.2. The molecule has 1 aromatic carbocycles. The van der Waals surface area contributed by atoms with Crippen molar-refractivity contribution in [1.29, 1.82) is 0 Å². The molecule has 3 amide bonds. The zero-order valence-electron chi connectivity index (χ0n) is 15.3. The normalized spacial score (nSPS) is 17.8. The Kier molecular flexibility index (Phi) is 4.74. The Hall–Kier alpha value is -2.97. The number of amides is 3. The summed E-state index contributed by atoms with van der Waals surface area (Å²) in [5.74, 6) is 0.908. The molecule has 2 fully saturated rings. The fraction of sp³-hybridized carbons (Fsp3) is 0.500. The maximum Gasteiger partial charge on any atom is 0.319 e. The van der Waals surface area contributed by atoms with Gasteiger partial charge < -0.3 is 15.5 Å². The Balaban J connectivity index is 1.32. The van der Waals surface area contributed by atoms with Crippen molar-refractivity contribution in [2.45, 2.75) is 44.7 Å². The van der Waals surface area contributed by atoms with Crippen LogP contribution in [0.4, 0.5) is 10.5 Å². The lowest BCUT2D eigenvalue weighted by atomic mass is 10.2. The Morgan fingerprint density at radius 2 is 2.07 bits per heavy atom. The summed E-state index contributed by atoms with van der Waals surface area (Å²) < 4.78 is 1.86. The summed E-state index contributed by atoms with van der Waals surface area (Å²) in [4.78, 5) is 25.6. The first-order chi connectivity index (χ1) is 13.1. The van der Waals surface area contributed by atoms with E-state index >= 15 is 0 Å². The number of benzene rings is 1.